The SMILES string of the molecule is CCCCNc1nc(N)ncc1OCCCc1ccc(F)cc1F. The van der Waals surface area contributed by atoms with Crippen LogP contribution in [-0.4, -0.2) is 23.1 Å². The summed E-state index contributed by atoms with van der Waals surface area (Å²) in [6, 6.07) is 3.59. The van der Waals surface area contributed by atoms with Crippen molar-refractivity contribution in [3.8, 4) is 5.75 Å². The van der Waals surface area contributed by atoms with Crippen LogP contribution in [0.25, 0.3) is 0 Å². The number of aryl methyl sites for hydroxylation is 1. The minimum atomic E-state index is -0.575. The molecule has 3 N–H and O–H groups in total. The molecule has 0 amide bonds. The lowest BCUT2D eigenvalue weighted by Gasteiger charge is -2.12. The van der Waals surface area contributed by atoms with Crippen molar-refractivity contribution in [3.05, 3.63) is 41.6 Å². The van der Waals surface area contributed by atoms with Crippen LogP contribution < -0.4 is 15.8 Å². The summed E-state index contributed by atoms with van der Waals surface area (Å²) in [5, 5.41) is 3.17. The summed E-state index contributed by atoms with van der Waals surface area (Å²) in [7, 11) is 0. The van der Waals surface area contributed by atoms with Gasteiger partial charge in [0.05, 0.1) is 12.8 Å². The highest BCUT2D eigenvalue weighted by Crippen LogP contribution is 2.22. The van der Waals surface area contributed by atoms with Gasteiger partial charge < -0.3 is 15.8 Å². The van der Waals surface area contributed by atoms with Crippen LogP contribution in [0.15, 0.2) is 24.4 Å². The minimum absolute atomic E-state index is 0.176. The highest BCUT2D eigenvalue weighted by atomic mass is 19.1. The van der Waals surface area contributed by atoms with Crippen molar-refractivity contribution < 1.29 is 13.5 Å². The van der Waals surface area contributed by atoms with E-state index in [9.17, 15) is 8.78 Å². The summed E-state index contributed by atoms with van der Waals surface area (Å²) in [4.78, 5) is 8.06. The Hall–Kier alpha value is -2.44. The largest absolute Gasteiger partial charge is 0.488 e. The number of rotatable bonds is 9. The number of unbranched alkanes of at least 4 members (excludes halogenated alkanes) is 1. The van der Waals surface area contributed by atoms with Crippen LogP contribution in [0.3, 0.4) is 0 Å². The fourth-order valence-corrected chi connectivity index (χ4v) is 2.17. The first-order chi connectivity index (χ1) is 11.6. The van der Waals surface area contributed by atoms with Crippen LogP contribution in [-0.2, 0) is 6.42 Å². The number of nitrogens with one attached hydrogen (secondary N) is 1. The predicted octanol–water partition coefficient (Wildman–Crippen LogP) is 3.56. The van der Waals surface area contributed by atoms with Crippen LogP contribution in [0.1, 0.15) is 31.7 Å². The third-order valence-electron chi connectivity index (χ3n) is 3.46. The summed E-state index contributed by atoms with van der Waals surface area (Å²) < 4.78 is 32.1. The van der Waals surface area contributed by atoms with Crippen molar-refractivity contribution in [3.63, 3.8) is 0 Å². The number of aromatic nitrogens is 2. The second-order valence-electron chi connectivity index (χ2n) is 5.41. The first-order valence-electron chi connectivity index (χ1n) is 8.03. The van der Waals surface area contributed by atoms with E-state index in [-0.39, 0.29) is 5.95 Å². The Kier molecular flexibility index (Phi) is 6.72. The van der Waals surface area contributed by atoms with E-state index in [0.717, 1.165) is 25.5 Å². The minimum Gasteiger partial charge on any atom is -0.488 e. The summed E-state index contributed by atoms with van der Waals surface area (Å²) in [5.74, 6) is 0.139. The van der Waals surface area contributed by atoms with Crippen molar-refractivity contribution in [2.75, 3.05) is 24.2 Å². The lowest BCUT2D eigenvalue weighted by atomic mass is 10.1. The molecule has 7 heteroatoms. The van der Waals surface area contributed by atoms with Crippen LogP contribution in [0.2, 0.25) is 0 Å². The van der Waals surface area contributed by atoms with Crippen LogP contribution in [0.4, 0.5) is 20.5 Å². The first-order valence-corrected chi connectivity index (χ1v) is 8.03. The number of nitrogen functional groups attached to an aromatic ring is 1. The molecule has 0 fully saturated rings. The van der Waals surface area contributed by atoms with Gasteiger partial charge in [0.1, 0.15) is 11.6 Å². The third-order valence-corrected chi connectivity index (χ3v) is 3.46. The van der Waals surface area contributed by atoms with E-state index in [4.69, 9.17) is 10.5 Å². The van der Waals surface area contributed by atoms with Crippen LogP contribution >= 0.6 is 0 Å². The zero-order chi connectivity index (χ0) is 17.4. The molecule has 0 radical (unpaired) electrons. The zero-order valence-corrected chi connectivity index (χ0v) is 13.7. The number of ether oxygens (including phenoxy) is 1. The summed E-state index contributed by atoms with van der Waals surface area (Å²) in [5.41, 5.74) is 6.07. The van der Waals surface area contributed by atoms with Gasteiger partial charge in [-0.1, -0.05) is 19.4 Å². The standard InChI is InChI=1S/C17H22F2N4O/c1-2-3-8-21-16-15(11-22-17(20)23-16)24-9-4-5-12-6-7-13(18)10-14(12)19/h6-7,10-11H,2-5,8-9H2,1H3,(H3,20,21,22,23). The fraction of sp³-hybridized carbons (Fsp3) is 0.412. The van der Waals surface area contributed by atoms with E-state index in [1.165, 1.54) is 18.3 Å². The highest BCUT2D eigenvalue weighted by molar-refractivity contribution is 5.51. The quantitative estimate of drug-likeness (QED) is 0.685. The Balaban J connectivity index is 1.87. The number of anilines is 2. The first kappa shape index (κ1) is 17.9. The van der Waals surface area contributed by atoms with Crippen LogP contribution in [0.5, 0.6) is 5.75 Å². The van der Waals surface area contributed by atoms with Gasteiger partial charge in [-0.2, -0.15) is 4.98 Å². The predicted molar refractivity (Wildman–Crippen MR) is 90.0 cm³/mol. The Morgan fingerprint density at radius 1 is 1.25 bits per heavy atom. The summed E-state index contributed by atoms with van der Waals surface area (Å²) in [6.45, 7) is 3.23. The van der Waals surface area contributed by atoms with E-state index in [1.807, 2.05) is 0 Å². The molecule has 2 aromatic rings. The van der Waals surface area contributed by atoms with E-state index < -0.39 is 11.6 Å². The maximum absolute atomic E-state index is 13.6. The number of nitrogens with zero attached hydrogens (tertiary/aromatic N) is 2. The highest BCUT2D eigenvalue weighted by Gasteiger charge is 2.08. The Bertz CT molecular complexity index is 667. The van der Waals surface area contributed by atoms with Crippen molar-refractivity contribution in [1.82, 2.24) is 9.97 Å². The topological polar surface area (TPSA) is 73.1 Å². The fourth-order valence-electron chi connectivity index (χ4n) is 2.17. The van der Waals surface area contributed by atoms with Gasteiger partial charge in [0, 0.05) is 12.6 Å². The van der Waals surface area contributed by atoms with Gasteiger partial charge in [-0.05, 0) is 30.9 Å². The molecule has 2 rings (SSSR count). The molecule has 5 nitrogen and oxygen atoms in total. The van der Waals surface area contributed by atoms with Crippen molar-refractivity contribution in [1.29, 1.82) is 0 Å². The van der Waals surface area contributed by atoms with Gasteiger partial charge in [0.15, 0.2) is 11.6 Å². The molecule has 0 saturated carbocycles. The molecule has 0 atom stereocenters. The molecule has 1 aromatic carbocycles. The van der Waals surface area contributed by atoms with Gasteiger partial charge in [0.2, 0.25) is 5.95 Å². The lowest BCUT2D eigenvalue weighted by molar-refractivity contribution is 0.309. The third kappa shape index (κ3) is 5.33. The molecular formula is C17H22F2N4O. The van der Waals surface area contributed by atoms with Crippen molar-refractivity contribution in [2.45, 2.75) is 32.6 Å². The smallest absolute Gasteiger partial charge is 0.222 e. The van der Waals surface area contributed by atoms with Crippen molar-refractivity contribution >= 4 is 11.8 Å². The van der Waals surface area contributed by atoms with Gasteiger partial charge in [0.25, 0.3) is 0 Å². The molecule has 1 aromatic heterocycles. The molecule has 0 aliphatic carbocycles. The number of benzene rings is 1. The van der Waals surface area contributed by atoms with Gasteiger partial charge >= 0.3 is 0 Å². The summed E-state index contributed by atoms with van der Waals surface area (Å²) >= 11 is 0. The van der Waals surface area contributed by atoms with E-state index in [2.05, 4.69) is 22.2 Å². The molecule has 24 heavy (non-hydrogen) atoms. The average molecular weight is 336 g/mol. The second-order valence-corrected chi connectivity index (χ2v) is 5.41. The number of nitrogens with two attached hydrogens (primary N) is 1. The molecule has 0 bridgehead atoms. The molecule has 130 valence electrons. The molecule has 0 aliphatic rings. The molecule has 0 spiro atoms. The zero-order valence-electron chi connectivity index (χ0n) is 13.7. The number of halogens is 2. The van der Waals surface area contributed by atoms with Crippen LogP contribution in [0, 0.1) is 11.6 Å². The Labute approximate surface area is 140 Å². The second kappa shape index (κ2) is 9.00. The van der Waals surface area contributed by atoms with Gasteiger partial charge in [-0.15, -0.1) is 0 Å². The number of hydrogen-bond donors (Lipinski definition) is 2. The monoisotopic (exact) mass is 336 g/mol. The maximum atomic E-state index is 13.6. The normalized spacial score (nSPS) is 10.6. The lowest BCUT2D eigenvalue weighted by Crippen LogP contribution is -2.09. The van der Waals surface area contributed by atoms with E-state index >= 15 is 0 Å². The van der Waals surface area contributed by atoms with E-state index in [0.29, 0.717) is 36.6 Å². The van der Waals surface area contributed by atoms with Gasteiger partial charge in [-0.3, -0.25) is 0 Å². The summed E-state index contributed by atoms with van der Waals surface area (Å²) in [6.07, 6.45) is 4.64. The Morgan fingerprint density at radius 2 is 2.08 bits per heavy atom. The van der Waals surface area contributed by atoms with Crippen molar-refractivity contribution in [2.24, 2.45) is 0 Å². The molecule has 0 saturated heterocycles. The molecular weight excluding hydrogens is 314 g/mol. The molecule has 1 heterocycles. The Morgan fingerprint density at radius 3 is 2.83 bits per heavy atom. The number of hydrogen-bond acceptors (Lipinski definition) is 5. The maximum Gasteiger partial charge on any atom is 0.222 e. The molecule has 0 unspecified atom stereocenters. The molecule has 0 aliphatic heterocycles. The van der Waals surface area contributed by atoms with E-state index in [1.54, 1.807) is 0 Å². The average Bonchev–Trinajstić information content (AvgIpc) is 2.55. The van der Waals surface area contributed by atoms with Gasteiger partial charge in [-0.25, -0.2) is 13.8 Å².